The summed E-state index contributed by atoms with van der Waals surface area (Å²) in [6.45, 7) is 4.62. The van der Waals surface area contributed by atoms with E-state index in [1.54, 1.807) is 9.13 Å². The summed E-state index contributed by atoms with van der Waals surface area (Å²) in [5.74, 6) is 0. The first-order chi connectivity index (χ1) is 8.08. The first kappa shape index (κ1) is 12.2. The summed E-state index contributed by atoms with van der Waals surface area (Å²) in [6.07, 6.45) is 3.67. The molecule has 1 aromatic carbocycles. The zero-order valence-electron chi connectivity index (χ0n) is 9.93. The molecule has 0 saturated heterocycles. The van der Waals surface area contributed by atoms with Crippen molar-refractivity contribution in [2.45, 2.75) is 26.4 Å². The van der Waals surface area contributed by atoms with Crippen molar-refractivity contribution in [2.24, 2.45) is 0 Å². The van der Waals surface area contributed by atoms with Gasteiger partial charge in [0.2, 0.25) is 0 Å². The molecule has 1 aromatic heterocycles. The topological polar surface area (TPSA) is 26.9 Å². The molecule has 2 rings (SSSR count). The Hall–Kier alpha value is -1.29. The molecule has 0 saturated carbocycles. The Kier molecular flexibility index (Phi) is 3.52. The summed E-state index contributed by atoms with van der Waals surface area (Å²) >= 11 is 3.43. The van der Waals surface area contributed by atoms with Gasteiger partial charge in [0.15, 0.2) is 0 Å². The van der Waals surface area contributed by atoms with Crippen LogP contribution in [0.1, 0.15) is 25.5 Å². The lowest BCUT2D eigenvalue weighted by Gasteiger charge is -2.05. The third-order valence-corrected chi connectivity index (χ3v) is 3.17. The molecule has 0 spiro atoms. The van der Waals surface area contributed by atoms with Crippen molar-refractivity contribution in [3.8, 4) is 0 Å². The normalized spacial score (nSPS) is 11.1. The van der Waals surface area contributed by atoms with Gasteiger partial charge < -0.3 is 0 Å². The molecule has 0 atom stereocenters. The van der Waals surface area contributed by atoms with Crippen molar-refractivity contribution in [1.29, 1.82) is 0 Å². The minimum absolute atomic E-state index is 0.0416. The molecule has 2 aromatic rings. The molecule has 0 bridgehead atoms. The number of benzene rings is 1. The SMILES string of the molecule is CC(C)n1ccn(Cc2cccc(Br)c2)c1=O. The van der Waals surface area contributed by atoms with Gasteiger partial charge in [-0.1, -0.05) is 28.1 Å². The predicted molar refractivity (Wildman–Crippen MR) is 72.3 cm³/mol. The summed E-state index contributed by atoms with van der Waals surface area (Å²) in [7, 11) is 0. The van der Waals surface area contributed by atoms with Crippen molar-refractivity contribution in [2.75, 3.05) is 0 Å². The van der Waals surface area contributed by atoms with Crippen LogP contribution in [0.3, 0.4) is 0 Å². The Balaban J connectivity index is 2.28. The average molecular weight is 295 g/mol. The molecule has 3 nitrogen and oxygen atoms in total. The zero-order valence-corrected chi connectivity index (χ0v) is 11.5. The van der Waals surface area contributed by atoms with E-state index in [4.69, 9.17) is 0 Å². The molecule has 0 fully saturated rings. The molecule has 1 heterocycles. The first-order valence-corrected chi connectivity index (χ1v) is 6.39. The Morgan fingerprint density at radius 1 is 1.29 bits per heavy atom. The van der Waals surface area contributed by atoms with Gasteiger partial charge in [-0.05, 0) is 31.5 Å². The summed E-state index contributed by atoms with van der Waals surface area (Å²) < 4.78 is 4.49. The number of halogens is 1. The standard InChI is InChI=1S/C13H15BrN2O/c1-10(2)16-7-6-15(13(16)17)9-11-4-3-5-12(14)8-11/h3-8,10H,9H2,1-2H3. The summed E-state index contributed by atoms with van der Waals surface area (Å²) in [5.41, 5.74) is 1.16. The number of aromatic nitrogens is 2. The lowest BCUT2D eigenvalue weighted by molar-refractivity contribution is 0.561. The van der Waals surface area contributed by atoms with E-state index < -0.39 is 0 Å². The van der Waals surface area contributed by atoms with E-state index in [9.17, 15) is 4.79 Å². The second-order valence-corrected chi connectivity index (χ2v) is 5.26. The van der Waals surface area contributed by atoms with Crippen LogP contribution >= 0.6 is 15.9 Å². The maximum absolute atomic E-state index is 12.0. The van der Waals surface area contributed by atoms with Crippen molar-refractivity contribution < 1.29 is 0 Å². The lowest BCUT2D eigenvalue weighted by atomic mass is 10.2. The maximum atomic E-state index is 12.0. The Morgan fingerprint density at radius 2 is 2.06 bits per heavy atom. The van der Waals surface area contributed by atoms with Gasteiger partial charge in [0.1, 0.15) is 0 Å². The number of imidazole rings is 1. The zero-order chi connectivity index (χ0) is 12.4. The van der Waals surface area contributed by atoms with Gasteiger partial charge in [0.25, 0.3) is 0 Å². The van der Waals surface area contributed by atoms with E-state index in [0.29, 0.717) is 6.54 Å². The molecular formula is C13H15BrN2O. The van der Waals surface area contributed by atoms with Crippen LogP contribution in [0.4, 0.5) is 0 Å². The van der Waals surface area contributed by atoms with E-state index in [1.165, 1.54) is 0 Å². The fourth-order valence-electron chi connectivity index (χ4n) is 1.77. The van der Waals surface area contributed by atoms with E-state index in [2.05, 4.69) is 15.9 Å². The van der Waals surface area contributed by atoms with Crippen LogP contribution in [0.15, 0.2) is 45.9 Å². The molecule has 4 heteroatoms. The Labute approximate surface area is 109 Å². The highest BCUT2D eigenvalue weighted by Crippen LogP contribution is 2.12. The molecule has 17 heavy (non-hydrogen) atoms. The summed E-state index contributed by atoms with van der Waals surface area (Å²) in [4.78, 5) is 12.0. The second-order valence-electron chi connectivity index (χ2n) is 4.34. The minimum Gasteiger partial charge on any atom is -0.297 e. The minimum atomic E-state index is 0.0416. The van der Waals surface area contributed by atoms with Crippen LogP contribution < -0.4 is 5.69 Å². The summed E-state index contributed by atoms with van der Waals surface area (Å²) in [6, 6.07) is 8.20. The fourth-order valence-corrected chi connectivity index (χ4v) is 2.22. The Morgan fingerprint density at radius 3 is 2.65 bits per heavy atom. The van der Waals surface area contributed by atoms with Crippen molar-refractivity contribution in [3.05, 3.63) is 57.2 Å². The van der Waals surface area contributed by atoms with Gasteiger partial charge in [0.05, 0.1) is 6.54 Å². The van der Waals surface area contributed by atoms with Gasteiger partial charge in [-0.15, -0.1) is 0 Å². The maximum Gasteiger partial charge on any atom is 0.328 e. The van der Waals surface area contributed by atoms with E-state index in [0.717, 1.165) is 10.0 Å². The highest BCUT2D eigenvalue weighted by atomic mass is 79.9. The third-order valence-electron chi connectivity index (χ3n) is 2.67. The Bertz CT molecular complexity index is 569. The summed E-state index contributed by atoms with van der Waals surface area (Å²) in [5, 5.41) is 0. The van der Waals surface area contributed by atoms with Crippen LogP contribution in [0.2, 0.25) is 0 Å². The van der Waals surface area contributed by atoms with Crippen LogP contribution in [-0.4, -0.2) is 9.13 Å². The molecular weight excluding hydrogens is 280 g/mol. The van der Waals surface area contributed by atoms with Gasteiger partial charge in [-0.3, -0.25) is 9.13 Å². The monoisotopic (exact) mass is 294 g/mol. The van der Waals surface area contributed by atoms with Crippen molar-refractivity contribution in [1.82, 2.24) is 9.13 Å². The largest absolute Gasteiger partial charge is 0.328 e. The predicted octanol–water partition coefficient (Wildman–Crippen LogP) is 3.04. The van der Waals surface area contributed by atoms with Crippen LogP contribution in [0.25, 0.3) is 0 Å². The van der Waals surface area contributed by atoms with Crippen molar-refractivity contribution in [3.63, 3.8) is 0 Å². The highest BCUT2D eigenvalue weighted by Gasteiger charge is 2.06. The van der Waals surface area contributed by atoms with Crippen LogP contribution in [0.5, 0.6) is 0 Å². The molecule has 0 amide bonds. The van der Waals surface area contributed by atoms with E-state index in [1.807, 2.05) is 50.5 Å². The lowest BCUT2D eigenvalue weighted by Crippen LogP contribution is -2.25. The molecule has 0 N–H and O–H groups in total. The molecule has 0 radical (unpaired) electrons. The molecule has 0 aliphatic rings. The van der Waals surface area contributed by atoms with Gasteiger partial charge >= 0.3 is 5.69 Å². The van der Waals surface area contributed by atoms with Gasteiger partial charge in [-0.2, -0.15) is 0 Å². The molecule has 0 aliphatic carbocycles. The van der Waals surface area contributed by atoms with Gasteiger partial charge in [-0.25, -0.2) is 4.79 Å². The first-order valence-electron chi connectivity index (χ1n) is 5.59. The third kappa shape index (κ3) is 2.69. The van der Waals surface area contributed by atoms with E-state index in [-0.39, 0.29) is 11.7 Å². The fraction of sp³-hybridized carbons (Fsp3) is 0.308. The molecule has 0 aliphatic heterocycles. The number of nitrogens with zero attached hydrogens (tertiary/aromatic N) is 2. The molecule has 0 unspecified atom stereocenters. The number of hydrogen-bond donors (Lipinski definition) is 0. The average Bonchev–Trinajstić information content (AvgIpc) is 2.61. The van der Waals surface area contributed by atoms with E-state index >= 15 is 0 Å². The number of hydrogen-bond acceptors (Lipinski definition) is 1. The molecule has 90 valence electrons. The van der Waals surface area contributed by atoms with Crippen molar-refractivity contribution >= 4 is 15.9 Å². The number of rotatable bonds is 3. The smallest absolute Gasteiger partial charge is 0.297 e. The quantitative estimate of drug-likeness (QED) is 0.855. The van der Waals surface area contributed by atoms with Crippen LogP contribution in [-0.2, 0) is 6.54 Å². The van der Waals surface area contributed by atoms with Crippen LogP contribution in [0, 0.1) is 0 Å². The highest BCUT2D eigenvalue weighted by molar-refractivity contribution is 9.10. The van der Waals surface area contributed by atoms with Gasteiger partial charge in [0, 0.05) is 22.9 Å². The second kappa shape index (κ2) is 4.92.